The summed E-state index contributed by atoms with van der Waals surface area (Å²) >= 11 is 0. The quantitative estimate of drug-likeness (QED) is 0.745. The van der Waals surface area contributed by atoms with Crippen LogP contribution in [-0.4, -0.2) is 18.1 Å². The van der Waals surface area contributed by atoms with Crippen molar-refractivity contribution in [3.05, 3.63) is 30.1 Å². The SMILES string of the molecule is NCC1(NC(=O)Nc2ccccc2F)CCCCCC1. The van der Waals surface area contributed by atoms with Gasteiger partial charge in [-0.15, -0.1) is 0 Å². The molecule has 1 aromatic carbocycles. The van der Waals surface area contributed by atoms with Crippen molar-refractivity contribution in [3.8, 4) is 0 Å². The lowest BCUT2D eigenvalue weighted by atomic mass is 9.90. The lowest BCUT2D eigenvalue weighted by molar-refractivity contribution is 0.230. The van der Waals surface area contributed by atoms with Gasteiger partial charge in [0.1, 0.15) is 5.82 Å². The summed E-state index contributed by atoms with van der Waals surface area (Å²) in [5, 5.41) is 5.51. The predicted octanol–water partition coefficient (Wildman–Crippen LogP) is 3.00. The molecule has 4 N–H and O–H groups in total. The maximum atomic E-state index is 13.5. The maximum absolute atomic E-state index is 13.5. The minimum atomic E-state index is -0.440. The third-order valence-electron chi connectivity index (χ3n) is 3.95. The Morgan fingerprint density at radius 3 is 2.45 bits per heavy atom. The molecule has 1 saturated carbocycles. The number of urea groups is 1. The summed E-state index contributed by atoms with van der Waals surface area (Å²) in [4.78, 5) is 12.1. The molecule has 0 aromatic heterocycles. The number of para-hydroxylation sites is 1. The first-order valence-electron chi connectivity index (χ1n) is 7.19. The lowest BCUT2D eigenvalue weighted by Crippen LogP contribution is -2.54. The third-order valence-corrected chi connectivity index (χ3v) is 3.95. The zero-order chi connectivity index (χ0) is 14.4. The van der Waals surface area contributed by atoms with Gasteiger partial charge in [0.15, 0.2) is 0 Å². The Hall–Kier alpha value is -1.62. The van der Waals surface area contributed by atoms with Gasteiger partial charge in [-0.05, 0) is 25.0 Å². The molecule has 0 atom stereocenters. The van der Waals surface area contributed by atoms with Crippen LogP contribution in [0.15, 0.2) is 24.3 Å². The maximum Gasteiger partial charge on any atom is 0.319 e. The van der Waals surface area contributed by atoms with E-state index in [1.807, 2.05) is 0 Å². The van der Waals surface area contributed by atoms with Gasteiger partial charge in [0.05, 0.1) is 11.2 Å². The molecule has 0 radical (unpaired) electrons. The van der Waals surface area contributed by atoms with Crippen LogP contribution in [0.2, 0.25) is 0 Å². The molecular formula is C15H22FN3O. The van der Waals surface area contributed by atoms with Gasteiger partial charge in [-0.3, -0.25) is 0 Å². The molecule has 0 unspecified atom stereocenters. The Bertz CT molecular complexity index is 456. The van der Waals surface area contributed by atoms with E-state index >= 15 is 0 Å². The summed E-state index contributed by atoms with van der Waals surface area (Å²) in [5.41, 5.74) is 5.69. The van der Waals surface area contributed by atoms with E-state index in [2.05, 4.69) is 10.6 Å². The van der Waals surface area contributed by atoms with Crippen LogP contribution < -0.4 is 16.4 Å². The van der Waals surface area contributed by atoms with E-state index < -0.39 is 5.82 Å². The van der Waals surface area contributed by atoms with E-state index in [1.165, 1.54) is 25.0 Å². The first-order chi connectivity index (χ1) is 9.65. The number of carbonyl (C=O) groups is 1. The fourth-order valence-corrected chi connectivity index (χ4v) is 2.74. The number of amides is 2. The van der Waals surface area contributed by atoms with Gasteiger partial charge in [0.25, 0.3) is 0 Å². The molecule has 1 fully saturated rings. The minimum absolute atomic E-state index is 0.186. The summed E-state index contributed by atoms with van der Waals surface area (Å²) < 4.78 is 13.5. The molecule has 1 aromatic rings. The third kappa shape index (κ3) is 3.70. The van der Waals surface area contributed by atoms with Crippen LogP contribution in [0.25, 0.3) is 0 Å². The van der Waals surface area contributed by atoms with Crippen LogP contribution in [0.5, 0.6) is 0 Å². The highest BCUT2D eigenvalue weighted by Crippen LogP contribution is 2.26. The Labute approximate surface area is 118 Å². The van der Waals surface area contributed by atoms with Gasteiger partial charge >= 0.3 is 6.03 Å². The van der Waals surface area contributed by atoms with Gasteiger partial charge in [0, 0.05) is 6.54 Å². The first-order valence-corrected chi connectivity index (χ1v) is 7.19. The number of halogens is 1. The van der Waals surface area contributed by atoms with Crippen molar-refractivity contribution in [3.63, 3.8) is 0 Å². The first kappa shape index (κ1) is 14.8. The van der Waals surface area contributed by atoms with E-state index in [-0.39, 0.29) is 17.3 Å². The van der Waals surface area contributed by atoms with Gasteiger partial charge in [-0.25, -0.2) is 9.18 Å². The molecule has 4 nitrogen and oxygen atoms in total. The highest BCUT2D eigenvalue weighted by molar-refractivity contribution is 5.89. The average Bonchev–Trinajstić information content (AvgIpc) is 2.67. The van der Waals surface area contributed by atoms with E-state index in [0.29, 0.717) is 6.54 Å². The number of carbonyl (C=O) groups excluding carboxylic acids is 1. The van der Waals surface area contributed by atoms with Gasteiger partial charge in [-0.2, -0.15) is 0 Å². The molecule has 0 saturated heterocycles. The lowest BCUT2D eigenvalue weighted by Gasteiger charge is -2.32. The van der Waals surface area contributed by atoms with Crippen LogP contribution in [0, 0.1) is 5.82 Å². The van der Waals surface area contributed by atoms with Crippen LogP contribution >= 0.6 is 0 Å². The Balaban J connectivity index is 2.00. The van der Waals surface area contributed by atoms with Crippen molar-refractivity contribution in [2.24, 2.45) is 5.73 Å². The number of anilines is 1. The average molecular weight is 279 g/mol. The zero-order valence-corrected chi connectivity index (χ0v) is 11.6. The van der Waals surface area contributed by atoms with Crippen molar-refractivity contribution in [1.82, 2.24) is 5.32 Å². The van der Waals surface area contributed by atoms with Gasteiger partial charge in [0.2, 0.25) is 0 Å². The fourth-order valence-electron chi connectivity index (χ4n) is 2.74. The number of nitrogens with two attached hydrogens (primary N) is 1. The normalized spacial score (nSPS) is 18.1. The predicted molar refractivity (Wildman–Crippen MR) is 78.0 cm³/mol. The van der Waals surface area contributed by atoms with Crippen molar-refractivity contribution < 1.29 is 9.18 Å². The van der Waals surface area contributed by atoms with Gasteiger partial charge < -0.3 is 16.4 Å². The summed E-state index contributed by atoms with van der Waals surface area (Å²) in [7, 11) is 0. The molecule has 1 aliphatic rings. The molecular weight excluding hydrogens is 257 g/mol. The van der Waals surface area contributed by atoms with Crippen molar-refractivity contribution in [2.45, 2.75) is 44.1 Å². The molecule has 2 rings (SSSR count). The zero-order valence-electron chi connectivity index (χ0n) is 11.6. The van der Waals surface area contributed by atoms with E-state index in [4.69, 9.17) is 5.73 Å². The van der Waals surface area contributed by atoms with Crippen LogP contribution in [0.3, 0.4) is 0 Å². The molecule has 20 heavy (non-hydrogen) atoms. The number of nitrogens with one attached hydrogen (secondary N) is 2. The van der Waals surface area contributed by atoms with Crippen molar-refractivity contribution >= 4 is 11.7 Å². The highest BCUT2D eigenvalue weighted by Gasteiger charge is 2.31. The summed E-state index contributed by atoms with van der Waals surface area (Å²) in [5.74, 6) is -0.440. The Kier molecular flexibility index (Phi) is 4.95. The highest BCUT2D eigenvalue weighted by atomic mass is 19.1. The smallest absolute Gasteiger partial charge is 0.319 e. The van der Waals surface area contributed by atoms with Gasteiger partial charge in [-0.1, -0.05) is 37.8 Å². The van der Waals surface area contributed by atoms with Crippen molar-refractivity contribution in [2.75, 3.05) is 11.9 Å². The molecule has 0 spiro atoms. The Morgan fingerprint density at radius 1 is 1.20 bits per heavy atom. The second-order valence-corrected chi connectivity index (χ2v) is 5.46. The summed E-state index contributed by atoms with van der Waals surface area (Å²) in [6.45, 7) is 0.414. The Morgan fingerprint density at radius 2 is 1.85 bits per heavy atom. The topological polar surface area (TPSA) is 67.1 Å². The van der Waals surface area contributed by atoms with Crippen LogP contribution in [0.4, 0.5) is 14.9 Å². The van der Waals surface area contributed by atoms with Crippen LogP contribution in [0.1, 0.15) is 38.5 Å². The standard InChI is InChI=1S/C15H22FN3O/c16-12-7-3-4-8-13(12)18-14(20)19-15(11-17)9-5-1-2-6-10-15/h3-4,7-8H,1-2,5-6,9-11,17H2,(H2,18,19,20). The number of hydrogen-bond acceptors (Lipinski definition) is 2. The minimum Gasteiger partial charge on any atom is -0.331 e. The molecule has 0 bridgehead atoms. The number of rotatable bonds is 3. The van der Waals surface area contributed by atoms with E-state index in [1.54, 1.807) is 12.1 Å². The molecule has 110 valence electrons. The molecule has 0 aliphatic heterocycles. The summed E-state index contributed by atoms with van der Waals surface area (Å²) in [6.07, 6.45) is 6.26. The second-order valence-electron chi connectivity index (χ2n) is 5.46. The number of benzene rings is 1. The second kappa shape index (κ2) is 6.70. The number of hydrogen-bond donors (Lipinski definition) is 3. The molecule has 2 amide bonds. The van der Waals surface area contributed by atoms with E-state index in [0.717, 1.165) is 25.7 Å². The molecule has 1 aliphatic carbocycles. The monoisotopic (exact) mass is 279 g/mol. The van der Waals surface area contributed by atoms with Crippen LogP contribution in [-0.2, 0) is 0 Å². The van der Waals surface area contributed by atoms with Crippen molar-refractivity contribution in [1.29, 1.82) is 0 Å². The molecule has 0 heterocycles. The largest absolute Gasteiger partial charge is 0.331 e. The fraction of sp³-hybridized carbons (Fsp3) is 0.533. The summed E-state index contributed by atoms with van der Waals surface area (Å²) in [6, 6.07) is 5.74. The van der Waals surface area contributed by atoms with E-state index in [9.17, 15) is 9.18 Å². The molecule has 5 heteroatoms.